The van der Waals surface area contributed by atoms with Crippen molar-refractivity contribution in [1.29, 1.82) is 0 Å². The molecule has 0 unspecified atom stereocenters. The zero-order chi connectivity index (χ0) is 15.1. The lowest BCUT2D eigenvalue weighted by atomic mass is 10.2. The van der Waals surface area contributed by atoms with Crippen molar-refractivity contribution in [2.24, 2.45) is 0 Å². The summed E-state index contributed by atoms with van der Waals surface area (Å²) < 4.78 is 5.09. The van der Waals surface area contributed by atoms with Crippen LogP contribution in [0.3, 0.4) is 0 Å². The Balaban J connectivity index is 1.81. The highest BCUT2D eigenvalue weighted by molar-refractivity contribution is 5.94. The highest BCUT2D eigenvalue weighted by Gasteiger charge is 2.11. The average molecular weight is 291 g/mol. The lowest BCUT2D eigenvalue weighted by molar-refractivity contribution is -0.116. The van der Waals surface area contributed by atoms with Gasteiger partial charge in [0.1, 0.15) is 5.75 Å². The Labute approximate surface area is 126 Å². The van der Waals surface area contributed by atoms with Crippen LogP contribution in [0.15, 0.2) is 18.2 Å². The first-order chi connectivity index (χ1) is 10.2. The molecule has 0 saturated carbocycles. The molecule has 5 heteroatoms. The summed E-state index contributed by atoms with van der Waals surface area (Å²) in [6, 6.07) is 5.28. The van der Waals surface area contributed by atoms with Gasteiger partial charge in [0, 0.05) is 19.0 Å². The number of hydrogen-bond donors (Lipinski definition) is 2. The number of nitrogens with two attached hydrogens (primary N) is 1. The molecule has 2 rings (SSSR count). The van der Waals surface area contributed by atoms with Crippen molar-refractivity contribution < 1.29 is 9.53 Å². The van der Waals surface area contributed by atoms with Crippen LogP contribution in [0, 0.1) is 0 Å². The summed E-state index contributed by atoms with van der Waals surface area (Å²) in [4.78, 5) is 14.4. The minimum atomic E-state index is 0.0103. The van der Waals surface area contributed by atoms with Crippen LogP contribution in [0.2, 0.25) is 0 Å². The molecule has 0 bridgehead atoms. The fraction of sp³-hybridized carbons (Fsp3) is 0.562. The van der Waals surface area contributed by atoms with Gasteiger partial charge < -0.3 is 20.7 Å². The van der Waals surface area contributed by atoms with Crippen LogP contribution < -0.4 is 15.8 Å². The number of anilines is 2. The number of nitrogens with zero attached hydrogens (tertiary/aromatic N) is 1. The smallest absolute Gasteiger partial charge is 0.225 e. The Morgan fingerprint density at radius 3 is 2.62 bits per heavy atom. The van der Waals surface area contributed by atoms with Crippen LogP contribution >= 0.6 is 0 Å². The molecule has 3 N–H and O–H groups in total. The number of rotatable bonds is 5. The SMILES string of the molecule is COc1ccc(NC(=O)CCN2CCCCCC2)c(N)c1. The Kier molecular flexibility index (Phi) is 5.87. The molecule has 1 aromatic carbocycles. The Morgan fingerprint density at radius 1 is 1.29 bits per heavy atom. The summed E-state index contributed by atoms with van der Waals surface area (Å²) in [5, 5.41) is 2.87. The van der Waals surface area contributed by atoms with Gasteiger partial charge in [-0.2, -0.15) is 0 Å². The zero-order valence-electron chi connectivity index (χ0n) is 12.7. The van der Waals surface area contributed by atoms with Gasteiger partial charge in [0.25, 0.3) is 0 Å². The second-order valence-corrected chi connectivity index (χ2v) is 5.51. The van der Waals surface area contributed by atoms with E-state index < -0.39 is 0 Å². The monoisotopic (exact) mass is 291 g/mol. The number of carbonyl (C=O) groups is 1. The second kappa shape index (κ2) is 7.88. The molecule has 0 atom stereocenters. The first-order valence-corrected chi connectivity index (χ1v) is 7.65. The van der Waals surface area contributed by atoms with Gasteiger partial charge in [-0.05, 0) is 38.1 Å². The number of nitrogen functional groups attached to an aromatic ring is 1. The predicted molar refractivity (Wildman–Crippen MR) is 85.6 cm³/mol. The summed E-state index contributed by atoms with van der Waals surface area (Å²) in [5.74, 6) is 0.700. The fourth-order valence-corrected chi connectivity index (χ4v) is 2.61. The molecule has 1 heterocycles. The van der Waals surface area contributed by atoms with E-state index in [1.165, 1.54) is 25.7 Å². The van der Waals surface area contributed by atoms with Crippen molar-refractivity contribution in [2.75, 3.05) is 37.8 Å². The predicted octanol–water partition coefficient (Wildman–Crippen LogP) is 2.48. The number of benzene rings is 1. The van der Waals surface area contributed by atoms with Crippen LogP contribution in [0.4, 0.5) is 11.4 Å². The summed E-state index contributed by atoms with van der Waals surface area (Å²) >= 11 is 0. The van der Waals surface area contributed by atoms with E-state index in [2.05, 4.69) is 10.2 Å². The van der Waals surface area contributed by atoms with E-state index in [4.69, 9.17) is 10.5 Å². The van der Waals surface area contributed by atoms with Crippen LogP contribution in [0.1, 0.15) is 32.1 Å². The van der Waals surface area contributed by atoms with Gasteiger partial charge in [-0.1, -0.05) is 12.8 Å². The minimum Gasteiger partial charge on any atom is -0.497 e. The molecule has 0 radical (unpaired) electrons. The van der Waals surface area contributed by atoms with Gasteiger partial charge in [-0.3, -0.25) is 4.79 Å². The average Bonchev–Trinajstić information content (AvgIpc) is 2.76. The quantitative estimate of drug-likeness (QED) is 0.818. The maximum atomic E-state index is 12.0. The third-order valence-corrected chi connectivity index (χ3v) is 3.89. The summed E-state index contributed by atoms with van der Waals surface area (Å²) in [6.45, 7) is 3.04. The summed E-state index contributed by atoms with van der Waals surface area (Å²) in [6.07, 6.45) is 5.61. The van der Waals surface area contributed by atoms with E-state index in [0.29, 0.717) is 23.5 Å². The number of hydrogen-bond acceptors (Lipinski definition) is 4. The Morgan fingerprint density at radius 2 is 2.00 bits per heavy atom. The topological polar surface area (TPSA) is 67.6 Å². The van der Waals surface area contributed by atoms with E-state index in [1.807, 2.05) is 0 Å². The molecular formula is C16H25N3O2. The third-order valence-electron chi connectivity index (χ3n) is 3.89. The van der Waals surface area contributed by atoms with Crippen molar-refractivity contribution in [1.82, 2.24) is 4.90 Å². The van der Waals surface area contributed by atoms with Gasteiger partial charge >= 0.3 is 0 Å². The van der Waals surface area contributed by atoms with Gasteiger partial charge in [-0.25, -0.2) is 0 Å². The number of amides is 1. The van der Waals surface area contributed by atoms with Gasteiger partial charge in [0.2, 0.25) is 5.91 Å². The van der Waals surface area contributed by atoms with Crippen molar-refractivity contribution in [3.63, 3.8) is 0 Å². The zero-order valence-corrected chi connectivity index (χ0v) is 12.7. The number of likely N-dealkylation sites (tertiary alicyclic amines) is 1. The van der Waals surface area contributed by atoms with Gasteiger partial charge in [0.15, 0.2) is 0 Å². The lowest BCUT2D eigenvalue weighted by Gasteiger charge is -2.19. The van der Waals surface area contributed by atoms with Crippen LogP contribution in [0.25, 0.3) is 0 Å². The Bertz CT molecular complexity index is 469. The molecule has 21 heavy (non-hydrogen) atoms. The lowest BCUT2D eigenvalue weighted by Crippen LogP contribution is -2.28. The van der Waals surface area contributed by atoms with Crippen LogP contribution in [0.5, 0.6) is 5.75 Å². The van der Waals surface area contributed by atoms with Crippen LogP contribution in [-0.2, 0) is 4.79 Å². The van der Waals surface area contributed by atoms with Gasteiger partial charge in [0.05, 0.1) is 18.5 Å². The molecule has 1 fully saturated rings. The molecule has 1 saturated heterocycles. The minimum absolute atomic E-state index is 0.0103. The molecule has 1 aromatic rings. The number of methoxy groups -OCH3 is 1. The largest absolute Gasteiger partial charge is 0.497 e. The number of carbonyl (C=O) groups excluding carboxylic acids is 1. The van der Waals surface area contributed by atoms with Crippen molar-refractivity contribution in [3.05, 3.63) is 18.2 Å². The Hall–Kier alpha value is -1.75. The highest BCUT2D eigenvalue weighted by Crippen LogP contribution is 2.24. The standard InChI is InChI=1S/C16H25N3O2/c1-21-13-6-7-15(14(17)12-13)18-16(20)8-11-19-9-4-2-3-5-10-19/h6-7,12H,2-5,8-11,17H2,1H3,(H,18,20). The molecule has 0 aromatic heterocycles. The molecule has 1 amide bonds. The van der Waals surface area contributed by atoms with Crippen molar-refractivity contribution in [2.45, 2.75) is 32.1 Å². The normalized spacial score (nSPS) is 16.2. The highest BCUT2D eigenvalue weighted by atomic mass is 16.5. The molecular weight excluding hydrogens is 266 g/mol. The van der Waals surface area contributed by atoms with Gasteiger partial charge in [-0.15, -0.1) is 0 Å². The first-order valence-electron chi connectivity index (χ1n) is 7.65. The maximum absolute atomic E-state index is 12.0. The number of ether oxygens (including phenoxy) is 1. The van der Waals surface area contributed by atoms with E-state index in [-0.39, 0.29) is 5.91 Å². The summed E-state index contributed by atoms with van der Waals surface area (Å²) in [7, 11) is 1.59. The van der Waals surface area contributed by atoms with E-state index >= 15 is 0 Å². The van der Waals surface area contributed by atoms with Crippen molar-refractivity contribution >= 4 is 17.3 Å². The fourth-order valence-electron chi connectivity index (χ4n) is 2.61. The molecule has 0 aliphatic carbocycles. The molecule has 116 valence electrons. The molecule has 5 nitrogen and oxygen atoms in total. The molecule has 1 aliphatic heterocycles. The van der Waals surface area contributed by atoms with Crippen LogP contribution in [-0.4, -0.2) is 37.6 Å². The van der Waals surface area contributed by atoms with E-state index in [0.717, 1.165) is 19.6 Å². The molecule has 0 spiro atoms. The van der Waals surface area contributed by atoms with E-state index in [1.54, 1.807) is 25.3 Å². The molecule has 1 aliphatic rings. The maximum Gasteiger partial charge on any atom is 0.225 e. The third kappa shape index (κ3) is 4.93. The van der Waals surface area contributed by atoms with E-state index in [9.17, 15) is 4.79 Å². The van der Waals surface area contributed by atoms with Crippen molar-refractivity contribution in [3.8, 4) is 5.75 Å². The summed E-state index contributed by atoms with van der Waals surface area (Å²) in [5.41, 5.74) is 7.07. The first kappa shape index (κ1) is 15.6. The second-order valence-electron chi connectivity index (χ2n) is 5.51. The number of nitrogens with one attached hydrogen (secondary N) is 1.